The monoisotopic (exact) mass is 1790 g/mol. The van der Waals surface area contributed by atoms with Crippen LogP contribution in [0.15, 0.2) is 0 Å². The Morgan fingerprint density at radius 3 is 0.650 bits per heavy atom. The molecule has 4 heterocycles. The Kier molecular flexibility index (Phi) is 32.2. The molecule has 0 aliphatic carbocycles. The minimum absolute atomic E-state index is 0.160. The fourth-order valence-electron chi connectivity index (χ4n) is 9.03. The molecule has 4 aliphatic heterocycles. The second kappa shape index (κ2) is 35.6. The van der Waals surface area contributed by atoms with E-state index in [0.29, 0.717) is 12.8 Å². The van der Waals surface area contributed by atoms with E-state index in [2.05, 4.69) is 54.4 Å². The van der Waals surface area contributed by atoms with Gasteiger partial charge in [0, 0.05) is 6.61 Å². The average molecular weight is 1790 g/mol. The fourth-order valence-corrected chi connectivity index (χ4v) is 14.7. The van der Waals surface area contributed by atoms with Crippen LogP contribution in [0.3, 0.4) is 0 Å². The predicted octanol–water partition coefficient (Wildman–Crippen LogP) is -9.39. The molecule has 0 amide bonds. The van der Waals surface area contributed by atoms with Crippen molar-refractivity contribution in [2.45, 2.75) is 155 Å². The van der Waals surface area contributed by atoms with E-state index in [0.717, 1.165) is 0 Å². The summed E-state index contributed by atoms with van der Waals surface area (Å²) >= 11 is 0. The molecule has 4 saturated heterocycles. The molecule has 0 radical (unpaired) electrons. The lowest BCUT2D eigenvalue weighted by molar-refractivity contribution is -0.380. The molecule has 4 fully saturated rings. The van der Waals surface area contributed by atoms with Gasteiger partial charge in [0.1, 0.15) is 73.2 Å². The molecule has 0 aromatic rings. The smallest absolute Gasteiger partial charge is 0.350 e. The van der Waals surface area contributed by atoms with Crippen LogP contribution in [-0.4, -0.2) is 324 Å². The Hall–Kier alpha value is -2.01. The first-order valence-corrected chi connectivity index (χ1v) is 43.4. The predicted molar refractivity (Wildman–Crippen MR) is 297 cm³/mol. The van der Waals surface area contributed by atoms with E-state index in [-0.39, 0.29) is 12.8 Å². The maximum absolute atomic E-state index is 13.1. The van der Waals surface area contributed by atoms with Crippen LogP contribution in [-0.2, 0) is 227 Å². The highest BCUT2D eigenvalue weighted by molar-refractivity contribution is 7.83. The second-order valence-electron chi connectivity index (χ2n) is 19.7. The lowest BCUT2D eigenvalue weighted by atomic mass is 9.95. The summed E-state index contributed by atoms with van der Waals surface area (Å²) in [5, 5.41) is 0. The number of hydrogen-bond donors (Lipinski definition) is 13. The van der Waals surface area contributed by atoms with Crippen LogP contribution in [0.5, 0.6) is 0 Å². The third kappa shape index (κ3) is 34.8. The standard InChI is InChI=1S/C30H54O60S13/c1-2-3-4-5-6-70-27-23(87-100(58,59)60)19(15(82-95(43,44)45)11(75-27)7-71-91(31,32)33)79-28-24(88-101(61,62)63)20(16(83-96(46,47)48)12(76-28)8-72-92(34,35)36)80-29-25(89-102(64,65)66)21(17(84-97(49,50)51)13(77-29)9-73-93(37,38)39)81-30-26(90-103(67,68)69)22(86-99(55,56)57)18(85-98(52,53)54)14(78-30)10-74-94(40,41)42/h11-30H,2-10H2,1H3,(H,31,32,33)(H,34,35,36)(H,37,38,39)(H,40,41,42)(H,43,44,45)(H,46,47,48)(H,49,50,51)(H,52,53,54)(H,55,56,57)(H,58,59,60)(H,61,62,63)(H,64,65,66)(H,67,68,69)/t11-,12-,13-,14-,15-,16-,17-,18-,19+,20+,21+,22+,23-,24-,25-,26-,27?,28+,29+,30+/m1/s1. The number of hydrogen-bond acceptors (Lipinski definition) is 47. The molecule has 13 N–H and O–H groups in total. The summed E-state index contributed by atoms with van der Waals surface area (Å²) in [6, 6.07) is 0. The normalized spacial score (nSPS) is 31.9. The van der Waals surface area contributed by atoms with Crippen LogP contribution in [0.4, 0.5) is 0 Å². The maximum atomic E-state index is 13.1. The van der Waals surface area contributed by atoms with Gasteiger partial charge in [-0.2, -0.15) is 109 Å². The molecule has 1 unspecified atom stereocenters. The van der Waals surface area contributed by atoms with Crippen molar-refractivity contribution in [2.24, 2.45) is 0 Å². The van der Waals surface area contributed by atoms with E-state index >= 15 is 0 Å². The van der Waals surface area contributed by atoms with Gasteiger partial charge in [0.15, 0.2) is 49.6 Å². The lowest BCUT2D eigenvalue weighted by Crippen LogP contribution is -2.70. The van der Waals surface area contributed by atoms with Crippen molar-refractivity contribution in [2.75, 3.05) is 33.0 Å². The van der Waals surface area contributed by atoms with Gasteiger partial charge in [-0.3, -0.25) is 59.2 Å². The molecule has 60 nitrogen and oxygen atoms in total. The van der Waals surface area contributed by atoms with Gasteiger partial charge >= 0.3 is 135 Å². The van der Waals surface area contributed by atoms with Gasteiger partial charge in [-0.1, -0.05) is 26.2 Å². The van der Waals surface area contributed by atoms with Crippen LogP contribution in [0.25, 0.3) is 0 Å². The number of rotatable bonds is 42. The summed E-state index contributed by atoms with van der Waals surface area (Å²) in [6.07, 6.45) is -71.0. The zero-order valence-electron chi connectivity index (χ0n) is 49.2. The molecule has 4 aliphatic rings. The van der Waals surface area contributed by atoms with Gasteiger partial charge in [-0.15, -0.1) is 0 Å². The van der Waals surface area contributed by atoms with Gasteiger partial charge in [0.25, 0.3) is 0 Å². The molecule has 0 aromatic carbocycles. The van der Waals surface area contributed by atoms with Crippen LogP contribution < -0.4 is 0 Å². The first kappa shape index (κ1) is 93.4. The summed E-state index contributed by atoms with van der Waals surface area (Å²) in [5.41, 5.74) is 0. The SMILES string of the molecule is CCCCCCOC1O[C@H](COS(=O)(=O)O)[C@@H](OS(=O)(=O)O)[C@H](O[C@@H]2O[C@H](COS(=O)(=O)O)[C@@H](OS(=O)(=O)O)[C@H](O[C@@H]3O[C@H](COS(=O)(=O)O)[C@@H](OS(=O)(=O)O)[C@H](O[C@@H]4O[C@H](COS(=O)(=O)O)[C@@H](OS(=O)(=O)O)[C@H](OS(=O)(=O)O)[C@H]4OS(=O)(=O)O)[C@H]3OS(=O)(=O)O)[C@H]2OS(=O)(=O)O)[C@H]1OS(=O)(=O)O. The number of ether oxygens (including phenoxy) is 8. The van der Waals surface area contributed by atoms with E-state index in [4.69, 9.17) is 37.9 Å². The maximum Gasteiger partial charge on any atom is 0.397 e. The van der Waals surface area contributed by atoms with Gasteiger partial charge in [0.2, 0.25) is 0 Å². The molecular weight excluding hydrogens is 1740 g/mol. The Labute approximate surface area is 581 Å². The highest BCUT2D eigenvalue weighted by atomic mass is 32.3. The van der Waals surface area contributed by atoms with E-state index in [1.54, 1.807) is 6.92 Å². The van der Waals surface area contributed by atoms with Gasteiger partial charge in [-0.05, 0) is 6.42 Å². The summed E-state index contributed by atoms with van der Waals surface area (Å²) in [6.45, 7) is -8.02. The van der Waals surface area contributed by atoms with Crippen LogP contribution in [0.1, 0.15) is 32.6 Å². The summed E-state index contributed by atoms with van der Waals surface area (Å²) in [5.74, 6) is 0. The third-order valence-corrected chi connectivity index (χ3v) is 18.1. The van der Waals surface area contributed by atoms with Crippen molar-refractivity contribution >= 4 is 135 Å². The lowest BCUT2D eigenvalue weighted by Gasteiger charge is -2.51. The fraction of sp³-hybridized carbons (Fsp3) is 1.00. The van der Waals surface area contributed by atoms with E-state index in [1.165, 1.54) is 0 Å². The minimum atomic E-state index is -6.86. The molecular formula is C30H54O60S13. The van der Waals surface area contributed by atoms with Crippen molar-refractivity contribution < 1.29 is 261 Å². The number of unbranched alkanes of at least 4 members (excludes halogenated alkanes) is 3. The van der Waals surface area contributed by atoms with Gasteiger partial charge in [-0.25, -0.2) is 54.4 Å². The Bertz CT molecular complexity index is 4450. The molecule has 103 heavy (non-hydrogen) atoms. The summed E-state index contributed by atoms with van der Waals surface area (Å²) in [7, 11) is -83.6. The molecule has 0 saturated carbocycles. The molecule has 20 atom stereocenters. The third-order valence-electron chi connectivity index (χ3n) is 12.1. The molecule has 0 bridgehead atoms. The van der Waals surface area contributed by atoms with Gasteiger partial charge < -0.3 is 37.9 Å². The zero-order chi connectivity index (χ0) is 79.3. The Balaban J connectivity index is 2.30. The van der Waals surface area contributed by atoms with Crippen molar-refractivity contribution in [1.29, 1.82) is 0 Å². The highest BCUT2D eigenvalue weighted by Crippen LogP contribution is 2.42. The van der Waals surface area contributed by atoms with Crippen molar-refractivity contribution in [3.05, 3.63) is 0 Å². The largest absolute Gasteiger partial charge is 0.397 e. The molecule has 612 valence electrons. The summed E-state index contributed by atoms with van der Waals surface area (Å²) < 4.78 is 550. The van der Waals surface area contributed by atoms with Crippen LogP contribution in [0, 0.1) is 0 Å². The van der Waals surface area contributed by atoms with E-state index in [1.807, 2.05) is 0 Å². The first-order chi connectivity index (χ1) is 46.1. The molecule has 73 heteroatoms. The van der Waals surface area contributed by atoms with Crippen molar-refractivity contribution in [3.63, 3.8) is 0 Å². The van der Waals surface area contributed by atoms with Gasteiger partial charge in [0.05, 0.1) is 26.4 Å². The Morgan fingerprint density at radius 1 is 0.233 bits per heavy atom. The molecule has 0 aromatic heterocycles. The quantitative estimate of drug-likeness (QED) is 0.0199. The molecule has 4 rings (SSSR count). The zero-order valence-corrected chi connectivity index (χ0v) is 59.8. The first-order valence-electron chi connectivity index (χ1n) is 25.6. The highest BCUT2D eigenvalue weighted by Gasteiger charge is 2.63. The van der Waals surface area contributed by atoms with E-state index < -0.39 is 291 Å². The van der Waals surface area contributed by atoms with Crippen molar-refractivity contribution in [1.82, 2.24) is 0 Å². The topological polar surface area (TPSA) is 901 Å². The molecule has 0 spiro atoms. The van der Waals surface area contributed by atoms with Crippen molar-refractivity contribution in [3.8, 4) is 0 Å². The van der Waals surface area contributed by atoms with E-state index in [9.17, 15) is 169 Å². The Morgan fingerprint density at radius 2 is 0.427 bits per heavy atom. The summed E-state index contributed by atoms with van der Waals surface area (Å²) in [4.78, 5) is 0. The second-order valence-corrected chi connectivity index (χ2v) is 33.4. The van der Waals surface area contributed by atoms with Crippen LogP contribution >= 0.6 is 0 Å². The minimum Gasteiger partial charge on any atom is -0.350 e. The van der Waals surface area contributed by atoms with Crippen LogP contribution in [0.2, 0.25) is 0 Å². The average Bonchev–Trinajstić information content (AvgIpc) is 0.757.